The van der Waals surface area contributed by atoms with Gasteiger partial charge in [0.1, 0.15) is 0 Å². The molecule has 1 fully saturated rings. The van der Waals surface area contributed by atoms with E-state index in [1.54, 1.807) is 0 Å². The predicted octanol–water partition coefficient (Wildman–Crippen LogP) is 1.89. The standard InChI is InChI=1S/C14H22N4/c1-14(2)7-9-18(11-14)13(15-3)17-10-12-6-4-5-8-16-12/h4-6,8H,7,9-11H2,1-3H3,(H,15,17). The second kappa shape index (κ2) is 5.38. The zero-order chi connectivity index (χ0) is 13.0. The number of aromatic nitrogens is 1. The summed E-state index contributed by atoms with van der Waals surface area (Å²) in [6.07, 6.45) is 3.04. The summed E-state index contributed by atoms with van der Waals surface area (Å²) < 4.78 is 0. The Balaban J connectivity index is 1.91. The maximum atomic E-state index is 4.35. The van der Waals surface area contributed by atoms with Crippen molar-refractivity contribution >= 4 is 5.96 Å². The highest BCUT2D eigenvalue weighted by molar-refractivity contribution is 5.80. The minimum atomic E-state index is 0.391. The lowest BCUT2D eigenvalue weighted by atomic mass is 9.93. The van der Waals surface area contributed by atoms with E-state index in [1.165, 1.54) is 6.42 Å². The lowest BCUT2D eigenvalue weighted by molar-refractivity contribution is 0.370. The predicted molar refractivity (Wildman–Crippen MR) is 74.4 cm³/mol. The molecular weight excluding hydrogens is 224 g/mol. The molecule has 0 unspecified atom stereocenters. The Morgan fingerprint density at radius 3 is 2.89 bits per heavy atom. The van der Waals surface area contributed by atoms with Gasteiger partial charge in [0.2, 0.25) is 0 Å². The lowest BCUT2D eigenvalue weighted by Crippen LogP contribution is -2.40. The van der Waals surface area contributed by atoms with E-state index in [-0.39, 0.29) is 0 Å². The van der Waals surface area contributed by atoms with Crippen molar-refractivity contribution in [2.24, 2.45) is 10.4 Å². The van der Waals surface area contributed by atoms with Crippen molar-refractivity contribution in [3.8, 4) is 0 Å². The van der Waals surface area contributed by atoms with E-state index in [2.05, 4.69) is 34.0 Å². The average molecular weight is 246 g/mol. The fraction of sp³-hybridized carbons (Fsp3) is 0.571. The number of nitrogens with one attached hydrogen (secondary N) is 1. The van der Waals surface area contributed by atoms with Crippen molar-refractivity contribution in [3.05, 3.63) is 30.1 Å². The number of rotatable bonds is 2. The topological polar surface area (TPSA) is 40.5 Å². The first-order valence-electron chi connectivity index (χ1n) is 6.46. The van der Waals surface area contributed by atoms with Gasteiger partial charge in [-0.3, -0.25) is 9.98 Å². The van der Waals surface area contributed by atoms with Crippen LogP contribution in [0.15, 0.2) is 29.4 Å². The zero-order valence-electron chi connectivity index (χ0n) is 11.5. The second-order valence-corrected chi connectivity index (χ2v) is 5.56. The first-order chi connectivity index (χ1) is 8.61. The van der Waals surface area contributed by atoms with E-state index in [1.807, 2.05) is 31.4 Å². The number of hydrogen-bond donors (Lipinski definition) is 1. The maximum Gasteiger partial charge on any atom is 0.193 e. The molecule has 18 heavy (non-hydrogen) atoms. The minimum Gasteiger partial charge on any atom is -0.351 e. The molecule has 2 rings (SSSR count). The molecule has 1 aromatic rings. The first-order valence-corrected chi connectivity index (χ1v) is 6.46. The van der Waals surface area contributed by atoms with Crippen molar-refractivity contribution in [2.45, 2.75) is 26.8 Å². The van der Waals surface area contributed by atoms with E-state index in [9.17, 15) is 0 Å². The Bertz CT molecular complexity index is 411. The van der Waals surface area contributed by atoms with Crippen molar-refractivity contribution in [1.82, 2.24) is 15.2 Å². The average Bonchev–Trinajstić information content (AvgIpc) is 2.72. The van der Waals surface area contributed by atoms with E-state index >= 15 is 0 Å². The van der Waals surface area contributed by atoms with Gasteiger partial charge in [-0.25, -0.2) is 0 Å². The van der Waals surface area contributed by atoms with Gasteiger partial charge in [-0.05, 0) is 24.0 Å². The van der Waals surface area contributed by atoms with Crippen LogP contribution in [0, 0.1) is 5.41 Å². The molecule has 0 bridgehead atoms. The van der Waals surface area contributed by atoms with Crippen LogP contribution in [0.25, 0.3) is 0 Å². The molecule has 0 spiro atoms. The van der Waals surface area contributed by atoms with Crippen LogP contribution < -0.4 is 5.32 Å². The lowest BCUT2D eigenvalue weighted by Gasteiger charge is -2.23. The molecule has 0 amide bonds. The highest BCUT2D eigenvalue weighted by Gasteiger charge is 2.30. The third kappa shape index (κ3) is 3.22. The Hall–Kier alpha value is -1.58. The maximum absolute atomic E-state index is 4.35. The van der Waals surface area contributed by atoms with Crippen molar-refractivity contribution < 1.29 is 0 Å². The summed E-state index contributed by atoms with van der Waals surface area (Å²) in [6.45, 7) is 7.48. The molecule has 1 N–H and O–H groups in total. The summed E-state index contributed by atoms with van der Waals surface area (Å²) in [7, 11) is 1.84. The number of hydrogen-bond acceptors (Lipinski definition) is 2. The SMILES string of the molecule is CN=C(NCc1ccccn1)N1CCC(C)(C)C1. The van der Waals surface area contributed by atoms with Crippen LogP contribution in [0.2, 0.25) is 0 Å². The highest BCUT2D eigenvalue weighted by Crippen LogP contribution is 2.28. The van der Waals surface area contributed by atoms with E-state index in [0.29, 0.717) is 5.41 Å². The summed E-state index contributed by atoms with van der Waals surface area (Å²) in [5.74, 6) is 0.978. The summed E-state index contributed by atoms with van der Waals surface area (Å²) in [5.41, 5.74) is 1.43. The second-order valence-electron chi connectivity index (χ2n) is 5.56. The van der Waals surface area contributed by atoms with Crippen LogP contribution >= 0.6 is 0 Å². The van der Waals surface area contributed by atoms with Gasteiger partial charge in [0.15, 0.2) is 5.96 Å². The monoisotopic (exact) mass is 246 g/mol. The third-order valence-corrected chi connectivity index (χ3v) is 3.34. The molecule has 98 valence electrons. The summed E-state index contributed by atoms with van der Waals surface area (Å²) in [4.78, 5) is 11.0. The van der Waals surface area contributed by atoms with Crippen LogP contribution in [0.4, 0.5) is 0 Å². The number of likely N-dealkylation sites (tertiary alicyclic amines) is 1. The van der Waals surface area contributed by atoms with Gasteiger partial charge in [-0.1, -0.05) is 19.9 Å². The zero-order valence-corrected chi connectivity index (χ0v) is 11.5. The van der Waals surface area contributed by atoms with E-state index in [0.717, 1.165) is 31.3 Å². The summed E-state index contributed by atoms with van der Waals surface area (Å²) in [6, 6.07) is 5.96. The quantitative estimate of drug-likeness (QED) is 0.640. The van der Waals surface area contributed by atoms with Crippen LogP contribution in [0.5, 0.6) is 0 Å². The molecule has 1 aliphatic rings. The van der Waals surface area contributed by atoms with Gasteiger partial charge < -0.3 is 10.2 Å². The van der Waals surface area contributed by atoms with Crippen LogP contribution in [-0.2, 0) is 6.54 Å². The molecule has 0 atom stereocenters. The third-order valence-electron chi connectivity index (χ3n) is 3.34. The largest absolute Gasteiger partial charge is 0.351 e. The smallest absolute Gasteiger partial charge is 0.193 e. The minimum absolute atomic E-state index is 0.391. The van der Waals surface area contributed by atoms with Gasteiger partial charge in [0, 0.05) is 26.3 Å². The summed E-state index contributed by atoms with van der Waals surface area (Å²) in [5, 5.41) is 3.38. The number of pyridine rings is 1. The molecule has 1 aromatic heterocycles. The number of nitrogens with zero attached hydrogens (tertiary/aromatic N) is 3. The van der Waals surface area contributed by atoms with Gasteiger partial charge in [0.05, 0.1) is 12.2 Å². The van der Waals surface area contributed by atoms with Gasteiger partial charge in [-0.2, -0.15) is 0 Å². The van der Waals surface area contributed by atoms with Crippen LogP contribution in [-0.4, -0.2) is 36.0 Å². The van der Waals surface area contributed by atoms with Gasteiger partial charge >= 0.3 is 0 Å². The molecule has 0 saturated carbocycles. The molecule has 0 aliphatic carbocycles. The highest BCUT2D eigenvalue weighted by atomic mass is 15.3. The molecule has 4 heteroatoms. The molecule has 4 nitrogen and oxygen atoms in total. The van der Waals surface area contributed by atoms with Gasteiger partial charge in [-0.15, -0.1) is 0 Å². The molecule has 0 aromatic carbocycles. The first kappa shape index (κ1) is 12.9. The molecule has 2 heterocycles. The fourth-order valence-corrected chi connectivity index (χ4v) is 2.30. The van der Waals surface area contributed by atoms with E-state index < -0.39 is 0 Å². The van der Waals surface area contributed by atoms with Crippen LogP contribution in [0.1, 0.15) is 26.0 Å². The Labute approximate surface area is 109 Å². The van der Waals surface area contributed by atoms with E-state index in [4.69, 9.17) is 0 Å². The Kier molecular flexibility index (Phi) is 3.84. The van der Waals surface area contributed by atoms with Crippen LogP contribution in [0.3, 0.4) is 0 Å². The molecule has 1 aliphatic heterocycles. The number of guanidine groups is 1. The Morgan fingerprint density at radius 1 is 1.50 bits per heavy atom. The Morgan fingerprint density at radius 2 is 2.33 bits per heavy atom. The molecule has 1 saturated heterocycles. The molecule has 0 radical (unpaired) electrons. The normalized spacial score (nSPS) is 19.1. The van der Waals surface area contributed by atoms with Crippen molar-refractivity contribution in [2.75, 3.05) is 20.1 Å². The summed E-state index contributed by atoms with van der Waals surface area (Å²) >= 11 is 0. The van der Waals surface area contributed by atoms with Crippen molar-refractivity contribution in [3.63, 3.8) is 0 Å². The van der Waals surface area contributed by atoms with Crippen molar-refractivity contribution in [1.29, 1.82) is 0 Å². The van der Waals surface area contributed by atoms with Gasteiger partial charge in [0.25, 0.3) is 0 Å². The fourth-order valence-electron chi connectivity index (χ4n) is 2.30. The molecular formula is C14H22N4. The number of aliphatic imine (C=N–C) groups is 1.